The monoisotopic (exact) mass is 373 g/mol. The number of hydrogen-bond donors (Lipinski definition) is 1. The molecule has 1 aromatic carbocycles. The van der Waals surface area contributed by atoms with Crippen LogP contribution in [0.25, 0.3) is 11.3 Å². The molecule has 122 valence electrons. The lowest BCUT2D eigenvalue weighted by Gasteiger charge is -2.12. The van der Waals surface area contributed by atoms with Crippen LogP contribution in [0.3, 0.4) is 0 Å². The summed E-state index contributed by atoms with van der Waals surface area (Å²) in [7, 11) is 0. The van der Waals surface area contributed by atoms with E-state index in [1.165, 1.54) is 37.7 Å². The number of hydrogen-bond acceptors (Lipinski definition) is 2. The molecular weight excluding hydrogens is 350 g/mol. The summed E-state index contributed by atoms with van der Waals surface area (Å²) in [5.74, 6) is 1.94. The van der Waals surface area contributed by atoms with Crippen LogP contribution >= 0.6 is 15.9 Å². The van der Waals surface area contributed by atoms with Crippen molar-refractivity contribution in [1.82, 2.24) is 5.32 Å². The van der Waals surface area contributed by atoms with E-state index in [1.54, 1.807) is 5.57 Å². The second-order valence-corrected chi connectivity index (χ2v) is 7.12. The van der Waals surface area contributed by atoms with Crippen molar-refractivity contribution in [1.29, 1.82) is 0 Å². The van der Waals surface area contributed by atoms with Gasteiger partial charge in [0.2, 0.25) is 0 Å². The first-order valence-corrected chi connectivity index (χ1v) is 9.25. The van der Waals surface area contributed by atoms with Gasteiger partial charge >= 0.3 is 0 Å². The third-order valence-electron chi connectivity index (χ3n) is 4.41. The Labute approximate surface area is 147 Å². The fourth-order valence-electron chi connectivity index (χ4n) is 3.02. The summed E-state index contributed by atoms with van der Waals surface area (Å²) in [6, 6.07) is 10.4. The van der Waals surface area contributed by atoms with E-state index in [-0.39, 0.29) is 0 Å². The zero-order valence-electron chi connectivity index (χ0n) is 13.7. The number of halogens is 1. The van der Waals surface area contributed by atoms with E-state index < -0.39 is 0 Å². The molecule has 1 heterocycles. The van der Waals surface area contributed by atoms with Gasteiger partial charge in [0, 0.05) is 10.0 Å². The zero-order valence-corrected chi connectivity index (χ0v) is 15.3. The molecule has 0 radical (unpaired) electrons. The lowest BCUT2D eigenvalue weighted by Crippen LogP contribution is -2.15. The average Bonchev–Trinajstić information content (AvgIpc) is 3.04. The Balaban J connectivity index is 1.51. The van der Waals surface area contributed by atoms with Crippen LogP contribution in [0.2, 0.25) is 0 Å². The molecule has 3 heteroatoms. The molecule has 0 bridgehead atoms. The van der Waals surface area contributed by atoms with Crippen molar-refractivity contribution in [3.8, 4) is 11.3 Å². The molecule has 1 aliphatic rings. The smallest absolute Gasteiger partial charge is 0.134 e. The van der Waals surface area contributed by atoms with E-state index in [0.29, 0.717) is 0 Å². The van der Waals surface area contributed by atoms with E-state index in [1.807, 2.05) is 0 Å². The lowest BCUT2D eigenvalue weighted by atomic mass is 9.97. The molecule has 0 fully saturated rings. The first kappa shape index (κ1) is 16.5. The topological polar surface area (TPSA) is 25.2 Å². The van der Waals surface area contributed by atoms with Crippen LogP contribution in [-0.2, 0) is 6.54 Å². The highest BCUT2D eigenvalue weighted by Gasteiger charge is 2.07. The van der Waals surface area contributed by atoms with Crippen molar-refractivity contribution in [2.75, 3.05) is 6.54 Å². The normalized spacial score (nSPS) is 14.8. The Hall–Kier alpha value is -1.32. The lowest BCUT2D eigenvalue weighted by molar-refractivity contribution is 0.493. The maximum Gasteiger partial charge on any atom is 0.134 e. The number of benzene rings is 1. The quantitative estimate of drug-likeness (QED) is 0.496. The second-order valence-electron chi connectivity index (χ2n) is 6.26. The van der Waals surface area contributed by atoms with Gasteiger partial charge in [0.1, 0.15) is 11.5 Å². The Morgan fingerprint density at radius 3 is 2.87 bits per heavy atom. The van der Waals surface area contributed by atoms with Crippen LogP contribution in [0.5, 0.6) is 0 Å². The minimum atomic E-state index is 0.794. The molecule has 0 amide bonds. The number of rotatable bonds is 6. The first-order valence-electron chi connectivity index (χ1n) is 8.46. The van der Waals surface area contributed by atoms with Crippen molar-refractivity contribution in [3.05, 3.63) is 57.8 Å². The molecule has 1 aliphatic carbocycles. The Bertz CT molecular complexity index is 687. The molecule has 1 aromatic heterocycles. The number of nitrogens with one attached hydrogen (secondary N) is 1. The molecule has 23 heavy (non-hydrogen) atoms. The highest BCUT2D eigenvalue weighted by molar-refractivity contribution is 9.10. The van der Waals surface area contributed by atoms with Gasteiger partial charge in [0.15, 0.2) is 0 Å². The van der Waals surface area contributed by atoms with Gasteiger partial charge in [0.05, 0.1) is 6.54 Å². The summed E-state index contributed by atoms with van der Waals surface area (Å²) >= 11 is 3.54. The van der Waals surface area contributed by atoms with Crippen LogP contribution < -0.4 is 5.32 Å². The number of allylic oxidation sites excluding steroid dienone is 1. The molecule has 2 aromatic rings. The minimum absolute atomic E-state index is 0.794. The average molecular weight is 374 g/mol. The molecule has 0 unspecified atom stereocenters. The molecule has 0 aliphatic heterocycles. The van der Waals surface area contributed by atoms with Crippen molar-refractivity contribution in [3.63, 3.8) is 0 Å². The number of furan rings is 1. The largest absolute Gasteiger partial charge is 0.460 e. The Kier molecular flexibility index (Phi) is 5.74. The fourth-order valence-corrected chi connectivity index (χ4v) is 3.26. The summed E-state index contributed by atoms with van der Waals surface area (Å²) in [6.45, 7) is 3.92. The molecule has 0 atom stereocenters. The van der Waals surface area contributed by atoms with Gasteiger partial charge in [-0.15, -0.1) is 0 Å². The molecule has 3 rings (SSSR count). The van der Waals surface area contributed by atoms with Gasteiger partial charge in [0.25, 0.3) is 0 Å². The molecule has 0 saturated heterocycles. The van der Waals surface area contributed by atoms with E-state index in [4.69, 9.17) is 4.42 Å². The van der Waals surface area contributed by atoms with Crippen molar-refractivity contribution < 1.29 is 4.42 Å². The van der Waals surface area contributed by atoms with Gasteiger partial charge in [-0.05, 0) is 75.4 Å². The predicted octanol–water partition coefficient (Wildman–Crippen LogP) is 6.00. The SMILES string of the molecule is Cc1cc(-c2ccc(CNCCC3=CCCCC3)o2)ccc1Br. The maximum atomic E-state index is 5.96. The maximum absolute atomic E-state index is 5.96. The molecular formula is C20H24BrNO. The Morgan fingerprint density at radius 1 is 1.17 bits per heavy atom. The summed E-state index contributed by atoms with van der Waals surface area (Å²) in [5, 5.41) is 3.49. The van der Waals surface area contributed by atoms with Crippen molar-refractivity contribution >= 4 is 15.9 Å². The van der Waals surface area contributed by atoms with E-state index >= 15 is 0 Å². The van der Waals surface area contributed by atoms with Gasteiger partial charge in [-0.3, -0.25) is 0 Å². The minimum Gasteiger partial charge on any atom is -0.460 e. The highest BCUT2D eigenvalue weighted by atomic mass is 79.9. The standard InChI is InChI=1S/C20H24BrNO/c1-15-13-17(7-9-19(15)21)20-10-8-18(23-20)14-22-12-11-16-5-3-2-4-6-16/h5,7-10,13,22H,2-4,6,11-12,14H2,1H3. The third-order valence-corrected chi connectivity index (χ3v) is 5.30. The van der Waals surface area contributed by atoms with Gasteiger partial charge in [-0.2, -0.15) is 0 Å². The predicted molar refractivity (Wildman–Crippen MR) is 99.5 cm³/mol. The highest BCUT2D eigenvalue weighted by Crippen LogP contribution is 2.26. The first-order chi connectivity index (χ1) is 11.2. The van der Waals surface area contributed by atoms with Gasteiger partial charge in [-0.1, -0.05) is 33.6 Å². The fraction of sp³-hybridized carbons (Fsp3) is 0.400. The summed E-state index contributed by atoms with van der Waals surface area (Å²) in [5.41, 5.74) is 3.97. The number of aryl methyl sites for hydroxylation is 1. The van der Waals surface area contributed by atoms with Crippen LogP contribution in [0.15, 0.2) is 50.9 Å². The van der Waals surface area contributed by atoms with Crippen LogP contribution in [0.4, 0.5) is 0 Å². The molecule has 2 nitrogen and oxygen atoms in total. The molecule has 0 saturated carbocycles. The van der Waals surface area contributed by atoms with E-state index in [0.717, 1.165) is 34.6 Å². The van der Waals surface area contributed by atoms with Gasteiger partial charge in [-0.25, -0.2) is 0 Å². The molecule has 0 spiro atoms. The van der Waals surface area contributed by atoms with Crippen molar-refractivity contribution in [2.45, 2.75) is 45.6 Å². The third kappa shape index (κ3) is 4.58. The van der Waals surface area contributed by atoms with Gasteiger partial charge < -0.3 is 9.73 Å². The zero-order chi connectivity index (χ0) is 16.1. The summed E-state index contributed by atoms with van der Waals surface area (Å²) in [6.07, 6.45) is 8.87. The van der Waals surface area contributed by atoms with Crippen LogP contribution in [-0.4, -0.2) is 6.54 Å². The van der Waals surface area contributed by atoms with Crippen molar-refractivity contribution in [2.24, 2.45) is 0 Å². The Morgan fingerprint density at radius 2 is 2.09 bits per heavy atom. The molecule has 1 N–H and O–H groups in total. The summed E-state index contributed by atoms with van der Waals surface area (Å²) < 4.78 is 7.10. The summed E-state index contributed by atoms with van der Waals surface area (Å²) in [4.78, 5) is 0. The van der Waals surface area contributed by atoms with Crippen LogP contribution in [0.1, 0.15) is 43.4 Å². The van der Waals surface area contributed by atoms with Crippen LogP contribution in [0, 0.1) is 6.92 Å². The van der Waals surface area contributed by atoms with E-state index in [9.17, 15) is 0 Å². The van der Waals surface area contributed by atoms with E-state index in [2.05, 4.69) is 64.6 Å². The second kappa shape index (κ2) is 7.98.